The summed E-state index contributed by atoms with van der Waals surface area (Å²) in [4.78, 5) is 22.3. The van der Waals surface area contributed by atoms with Crippen LogP contribution in [0.5, 0.6) is 0 Å². The molecule has 0 aliphatic heterocycles. The highest BCUT2D eigenvalue weighted by atomic mass is 35.5. The number of aliphatic carboxylic acids is 1. The standard InChI is InChI=1S/C11H9Cl2NO3/c12-5-1-2-9(8(13)3-5)14-10(15)6-4-7(6)11(16)17/h1-3,6-7H,4H2,(H,14,15)(H,16,17)/t6-,7+/m0/s1. The van der Waals surface area contributed by atoms with Gasteiger partial charge in [0.05, 0.1) is 22.5 Å². The second-order valence-electron chi connectivity index (χ2n) is 3.90. The number of carboxylic acids is 1. The zero-order chi connectivity index (χ0) is 12.6. The maximum absolute atomic E-state index is 11.7. The van der Waals surface area contributed by atoms with Gasteiger partial charge in [-0.05, 0) is 24.6 Å². The highest BCUT2D eigenvalue weighted by Crippen LogP contribution is 2.40. The van der Waals surface area contributed by atoms with Crippen LogP contribution in [0.25, 0.3) is 0 Å². The van der Waals surface area contributed by atoms with Crippen molar-refractivity contribution in [2.45, 2.75) is 6.42 Å². The lowest BCUT2D eigenvalue weighted by Gasteiger charge is -2.06. The van der Waals surface area contributed by atoms with E-state index < -0.39 is 17.8 Å². The van der Waals surface area contributed by atoms with E-state index in [1.165, 1.54) is 6.07 Å². The molecular weight excluding hydrogens is 265 g/mol. The molecule has 2 rings (SSSR count). The van der Waals surface area contributed by atoms with Crippen molar-refractivity contribution >= 4 is 40.8 Å². The SMILES string of the molecule is O=C(Nc1ccc(Cl)cc1Cl)[C@H]1C[C@H]1C(=O)O. The molecule has 1 aromatic carbocycles. The molecule has 1 aliphatic rings. The molecule has 1 fully saturated rings. The Hall–Kier alpha value is -1.26. The summed E-state index contributed by atoms with van der Waals surface area (Å²) in [5.74, 6) is -2.28. The molecule has 0 unspecified atom stereocenters. The minimum Gasteiger partial charge on any atom is -0.481 e. The Morgan fingerprint density at radius 1 is 1.29 bits per heavy atom. The van der Waals surface area contributed by atoms with Crippen LogP contribution < -0.4 is 5.32 Å². The van der Waals surface area contributed by atoms with Crippen LogP contribution in [0.15, 0.2) is 18.2 Å². The minimum absolute atomic E-state index is 0.318. The highest BCUT2D eigenvalue weighted by Gasteiger charge is 2.48. The number of carbonyl (C=O) groups is 2. The van der Waals surface area contributed by atoms with E-state index in [4.69, 9.17) is 28.3 Å². The number of carbonyl (C=O) groups excluding carboxylic acids is 1. The van der Waals surface area contributed by atoms with Gasteiger partial charge in [0, 0.05) is 5.02 Å². The monoisotopic (exact) mass is 273 g/mol. The third kappa shape index (κ3) is 2.70. The van der Waals surface area contributed by atoms with Crippen LogP contribution in [0.3, 0.4) is 0 Å². The number of hydrogen-bond donors (Lipinski definition) is 2. The number of benzene rings is 1. The van der Waals surface area contributed by atoms with Gasteiger partial charge in [-0.2, -0.15) is 0 Å². The molecule has 17 heavy (non-hydrogen) atoms. The van der Waals surface area contributed by atoms with E-state index in [9.17, 15) is 9.59 Å². The first-order valence-electron chi connectivity index (χ1n) is 4.98. The molecule has 0 saturated heterocycles. The van der Waals surface area contributed by atoms with Gasteiger partial charge in [-0.25, -0.2) is 0 Å². The van der Waals surface area contributed by atoms with Gasteiger partial charge in [0.25, 0.3) is 0 Å². The van der Waals surface area contributed by atoms with E-state index >= 15 is 0 Å². The van der Waals surface area contributed by atoms with Gasteiger partial charge in [0.15, 0.2) is 0 Å². The first-order valence-corrected chi connectivity index (χ1v) is 5.73. The Morgan fingerprint density at radius 3 is 2.53 bits per heavy atom. The van der Waals surface area contributed by atoms with E-state index in [1.54, 1.807) is 12.1 Å². The van der Waals surface area contributed by atoms with Crippen LogP contribution in [-0.4, -0.2) is 17.0 Å². The van der Waals surface area contributed by atoms with Crippen LogP contribution in [0.4, 0.5) is 5.69 Å². The molecule has 0 radical (unpaired) electrons. The molecule has 1 aromatic rings. The van der Waals surface area contributed by atoms with Crippen molar-refractivity contribution in [1.82, 2.24) is 0 Å². The molecule has 2 N–H and O–H groups in total. The number of hydrogen-bond acceptors (Lipinski definition) is 2. The van der Waals surface area contributed by atoms with Gasteiger partial charge in [-0.15, -0.1) is 0 Å². The predicted octanol–water partition coefficient (Wildman–Crippen LogP) is 2.65. The number of carboxylic acid groups (broad SMARTS) is 1. The van der Waals surface area contributed by atoms with Gasteiger partial charge in [-0.3, -0.25) is 9.59 Å². The maximum atomic E-state index is 11.7. The highest BCUT2D eigenvalue weighted by molar-refractivity contribution is 6.36. The Bertz CT molecular complexity index is 490. The fourth-order valence-corrected chi connectivity index (χ4v) is 2.03. The van der Waals surface area contributed by atoms with Crippen molar-refractivity contribution in [1.29, 1.82) is 0 Å². The molecule has 6 heteroatoms. The van der Waals surface area contributed by atoms with Gasteiger partial charge in [0.2, 0.25) is 5.91 Å². The lowest BCUT2D eigenvalue weighted by Crippen LogP contribution is -2.17. The molecule has 0 spiro atoms. The van der Waals surface area contributed by atoms with Gasteiger partial charge in [-0.1, -0.05) is 23.2 Å². The summed E-state index contributed by atoms with van der Waals surface area (Å²) in [6.07, 6.45) is 0.381. The van der Waals surface area contributed by atoms with E-state index in [0.29, 0.717) is 22.2 Å². The normalized spacial score (nSPS) is 22.0. The summed E-state index contributed by atoms with van der Waals surface area (Å²) in [6, 6.07) is 4.70. The Labute approximate surface area is 108 Å². The maximum Gasteiger partial charge on any atom is 0.307 e. The third-order valence-corrected chi connectivity index (χ3v) is 3.18. The largest absolute Gasteiger partial charge is 0.481 e. The average molecular weight is 274 g/mol. The number of amides is 1. The number of rotatable bonds is 3. The van der Waals surface area contributed by atoms with E-state index in [-0.39, 0.29) is 5.91 Å². The second-order valence-corrected chi connectivity index (χ2v) is 4.74. The minimum atomic E-state index is -0.938. The van der Waals surface area contributed by atoms with E-state index in [0.717, 1.165) is 0 Å². The molecule has 1 aliphatic carbocycles. The molecular formula is C11H9Cl2NO3. The average Bonchev–Trinajstić information content (AvgIpc) is 3.01. The molecule has 4 nitrogen and oxygen atoms in total. The van der Waals surface area contributed by atoms with Crippen molar-refractivity contribution in [3.05, 3.63) is 28.2 Å². The van der Waals surface area contributed by atoms with E-state index in [2.05, 4.69) is 5.32 Å². The molecule has 0 heterocycles. The van der Waals surface area contributed by atoms with Crippen LogP contribution in [0.1, 0.15) is 6.42 Å². The van der Waals surface area contributed by atoms with Gasteiger partial charge in [0.1, 0.15) is 0 Å². The topological polar surface area (TPSA) is 66.4 Å². The van der Waals surface area contributed by atoms with Gasteiger partial charge >= 0.3 is 5.97 Å². The van der Waals surface area contributed by atoms with Crippen molar-refractivity contribution in [3.63, 3.8) is 0 Å². The summed E-state index contributed by atoms with van der Waals surface area (Å²) in [7, 11) is 0. The third-order valence-electron chi connectivity index (χ3n) is 2.63. The fraction of sp³-hybridized carbons (Fsp3) is 0.273. The fourth-order valence-electron chi connectivity index (χ4n) is 1.57. The Morgan fingerprint density at radius 2 is 2.00 bits per heavy atom. The number of anilines is 1. The van der Waals surface area contributed by atoms with Crippen molar-refractivity contribution in [3.8, 4) is 0 Å². The number of halogens is 2. The molecule has 1 saturated carbocycles. The quantitative estimate of drug-likeness (QED) is 0.890. The summed E-state index contributed by atoms with van der Waals surface area (Å²) >= 11 is 11.6. The summed E-state index contributed by atoms with van der Waals surface area (Å²) in [5, 5.41) is 12.1. The van der Waals surface area contributed by atoms with Crippen molar-refractivity contribution in [2.75, 3.05) is 5.32 Å². The first kappa shape index (κ1) is 12.2. The lowest BCUT2D eigenvalue weighted by molar-refractivity contribution is -0.139. The molecule has 0 aromatic heterocycles. The van der Waals surface area contributed by atoms with Crippen molar-refractivity contribution < 1.29 is 14.7 Å². The summed E-state index contributed by atoms with van der Waals surface area (Å²) in [5.41, 5.74) is 0.442. The molecule has 2 atom stereocenters. The van der Waals surface area contributed by atoms with E-state index in [1.807, 2.05) is 0 Å². The predicted molar refractivity (Wildman–Crippen MR) is 64.3 cm³/mol. The number of nitrogens with one attached hydrogen (secondary N) is 1. The summed E-state index contributed by atoms with van der Waals surface area (Å²) < 4.78 is 0. The molecule has 1 amide bonds. The first-order chi connectivity index (χ1) is 7.99. The van der Waals surface area contributed by atoms with Crippen LogP contribution in [0.2, 0.25) is 10.0 Å². The van der Waals surface area contributed by atoms with Crippen LogP contribution in [0, 0.1) is 11.8 Å². The zero-order valence-electron chi connectivity index (χ0n) is 8.61. The Balaban J connectivity index is 2.02. The van der Waals surface area contributed by atoms with Crippen LogP contribution in [-0.2, 0) is 9.59 Å². The molecule has 0 bridgehead atoms. The van der Waals surface area contributed by atoms with Crippen molar-refractivity contribution in [2.24, 2.45) is 11.8 Å². The zero-order valence-corrected chi connectivity index (χ0v) is 10.1. The Kier molecular flexibility index (Phi) is 3.26. The molecule has 90 valence electrons. The van der Waals surface area contributed by atoms with Crippen LogP contribution >= 0.6 is 23.2 Å². The smallest absolute Gasteiger partial charge is 0.307 e. The van der Waals surface area contributed by atoms with Gasteiger partial charge < -0.3 is 10.4 Å². The lowest BCUT2D eigenvalue weighted by atomic mass is 10.2. The summed E-state index contributed by atoms with van der Waals surface area (Å²) in [6.45, 7) is 0. The second kappa shape index (κ2) is 4.55.